The predicted molar refractivity (Wildman–Crippen MR) is 508 cm³/mol. The number of alkyl halides is 1. The molecule has 16 rings (SSSR count). The van der Waals surface area contributed by atoms with Gasteiger partial charge >= 0.3 is 48.3 Å². The van der Waals surface area contributed by atoms with Gasteiger partial charge in [-0.1, -0.05) is 56.5 Å². The molecule has 8 aliphatic carbocycles. The predicted octanol–water partition coefficient (Wildman–Crippen LogP) is 18.0. The van der Waals surface area contributed by atoms with Gasteiger partial charge in [0.1, 0.15) is 56.0 Å². The number of hydrogen-bond acceptors (Lipinski definition) is 26. The number of pyridine rings is 3. The summed E-state index contributed by atoms with van der Waals surface area (Å²) in [6.07, 6.45) is 26.8. The van der Waals surface area contributed by atoms with Crippen LogP contribution in [0.1, 0.15) is 251 Å². The largest absolute Gasteiger partial charge is 0.489 e. The van der Waals surface area contributed by atoms with E-state index >= 15 is 0 Å². The number of methoxy groups -OCH3 is 1. The Labute approximate surface area is 813 Å². The Hall–Kier alpha value is -12.9. The molecule has 7 aromatic heterocycles. The van der Waals surface area contributed by atoms with E-state index in [1.54, 1.807) is 121 Å². The highest BCUT2D eigenvalue weighted by atomic mass is 19.1. The maximum Gasteiger partial charge on any atom is 0.410 e. The number of aromatic nitrogens is 10. The molecule has 37 nitrogen and oxygen atoms in total. The van der Waals surface area contributed by atoms with E-state index in [0.29, 0.717) is 172 Å². The molecule has 0 radical (unpaired) electrons. The highest BCUT2D eigenvalue weighted by molar-refractivity contribution is 5.77. The van der Waals surface area contributed by atoms with Crippen molar-refractivity contribution in [3.05, 3.63) is 112 Å². The topological polar surface area (TPSA) is 458 Å². The maximum atomic E-state index is 14.9. The maximum absolute atomic E-state index is 14.9. The number of nitrogens with zero attached hydrogens (tertiary/aromatic N) is 14. The van der Waals surface area contributed by atoms with Gasteiger partial charge in [0.05, 0.1) is 129 Å². The van der Waals surface area contributed by atoms with Crippen molar-refractivity contribution in [2.45, 2.75) is 308 Å². The molecule has 8 saturated carbocycles. The molecule has 39 heteroatoms. The number of halogens is 2. The molecule has 140 heavy (non-hydrogen) atoms. The van der Waals surface area contributed by atoms with Crippen LogP contribution in [0.2, 0.25) is 0 Å². The van der Waals surface area contributed by atoms with Gasteiger partial charge in [-0.2, -0.15) is 10.2 Å². The van der Waals surface area contributed by atoms with Crippen LogP contribution < -0.4 is 29.4 Å². The van der Waals surface area contributed by atoms with Gasteiger partial charge in [-0.15, -0.1) is 5.10 Å². The number of benzene rings is 1. The summed E-state index contributed by atoms with van der Waals surface area (Å²) in [7, 11) is 13.9. The molecule has 8 aromatic rings. The lowest BCUT2D eigenvalue weighted by Crippen LogP contribution is -2.35. The lowest BCUT2D eigenvalue weighted by atomic mass is 9.87. The highest BCUT2D eigenvalue weighted by Gasteiger charge is 2.38. The van der Waals surface area contributed by atoms with E-state index in [1.165, 1.54) is 12.1 Å². The van der Waals surface area contributed by atoms with E-state index in [-0.39, 0.29) is 117 Å². The number of carbonyl (C=O) groups is 8. The van der Waals surface area contributed by atoms with Crippen LogP contribution in [-0.2, 0) is 92.4 Å². The number of carboxylic acids is 4. The number of nitrogens with two attached hydrogens (primary N) is 1. The van der Waals surface area contributed by atoms with Crippen molar-refractivity contribution in [1.29, 1.82) is 0 Å². The first kappa shape index (κ1) is 104. The lowest BCUT2D eigenvalue weighted by Gasteiger charge is -2.27. The molecule has 0 saturated heterocycles. The second-order valence-electron chi connectivity index (χ2n) is 38.2. The minimum atomic E-state index is -0.840. The smallest absolute Gasteiger partial charge is 0.410 e. The summed E-state index contributed by atoms with van der Waals surface area (Å²) in [5.74, 6) is -2.72. The summed E-state index contributed by atoms with van der Waals surface area (Å²) >= 11 is 0. The van der Waals surface area contributed by atoms with Crippen molar-refractivity contribution in [2.24, 2.45) is 44.8 Å². The van der Waals surface area contributed by atoms with E-state index in [9.17, 15) is 67.6 Å². The van der Waals surface area contributed by atoms with Gasteiger partial charge < -0.3 is 92.9 Å². The fraction of sp³-hybridized carbons (Fsp3) is 0.594. The lowest BCUT2D eigenvalue weighted by molar-refractivity contribution is -0.144. The molecule has 0 spiro atoms. The quantitative estimate of drug-likeness (QED) is 0.0261. The van der Waals surface area contributed by atoms with Gasteiger partial charge in [-0.3, -0.25) is 33.2 Å². The summed E-state index contributed by atoms with van der Waals surface area (Å²) in [4.78, 5) is 116. The van der Waals surface area contributed by atoms with Crippen molar-refractivity contribution < 1.29 is 115 Å². The Bertz CT molecular complexity index is 5600. The first-order valence-corrected chi connectivity index (χ1v) is 49.1. The van der Waals surface area contributed by atoms with Crippen LogP contribution >= 0.6 is 0 Å². The van der Waals surface area contributed by atoms with Crippen LogP contribution in [0.25, 0.3) is 45.1 Å². The normalized spacial score (nSPS) is 20.5. The number of carboxylic acid groups (broad SMARTS) is 4. The van der Waals surface area contributed by atoms with Crippen molar-refractivity contribution in [3.8, 4) is 74.0 Å². The zero-order valence-corrected chi connectivity index (χ0v) is 82.1. The van der Waals surface area contributed by atoms with Gasteiger partial charge in [0.25, 0.3) is 0 Å². The molecular weight excluding hydrogens is 1810 g/mol. The molecule has 0 unspecified atom stereocenters. The van der Waals surface area contributed by atoms with E-state index in [2.05, 4.69) is 25.4 Å². The van der Waals surface area contributed by atoms with E-state index in [4.69, 9.17) is 62.9 Å². The molecule has 0 aliphatic heterocycles. The Morgan fingerprint density at radius 1 is 0.436 bits per heavy atom. The number of aliphatic carboxylic acids is 4. The molecule has 8 fully saturated rings. The van der Waals surface area contributed by atoms with E-state index < -0.39 is 54.3 Å². The summed E-state index contributed by atoms with van der Waals surface area (Å²) < 4.78 is 91.0. The van der Waals surface area contributed by atoms with Crippen molar-refractivity contribution >= 4 is 54.1 Å². The summed E-state index contributed by atoms with van der Waals surface area (Å²) in [5, 5.41) is 54.3. The SMILES string of the molecule is CN(C(=O)OCc1c(-c2ccc(O[C@H]3CCC[C@H](C(=O)O)C3)c(CF)n2)cnn1C)C1CCCC1.COc1nn(C)c(COC(=O)N(C)C2CCCC2)c1-c1ccc(O[C@H]2CCC[C@H](C(=O)O)C2)c(C)n1.Cc1nc(-c2c(N)nn(C)c2COC(=O)N(C)C2CCCC2)ccc1O[C@H]1CCC[C@H](C(=O)O)C1.Cc1noc(-c2ccc(O[C@H]3CCC[C@H](C(=O)O)C3)c(F)c2)c1COC(=O)N(C)C1CCCC1. The average Bonchev–Trinajstić information content (AvgIpc) is 1.64. The summed E-state index contributed by atoms with van der Waals surface area (Å²) in [6, 6.07) is 16.0. The highest BCUT2D eigenvalue weighted by Crippen LogP contribution is 2.42. The van der Waals surface area contributed by atoms with Crippen molar-refractivity contribution in [1.82, 2.24) is 69.0 Å². The molecule has 760 valence electrons. The monoisotopic (exact) mass is 1950 g/mol. The number of amides is 4. The standard InChI is InChI=1S/C26H36N4O6.C25H33FN4O5.C25H31FN2O6.C25H35N5O5/c1-16-22(36-19-11-7-8-17(14-19)25(31)32)13-12-20(27-16)23-21(30(3)28-24(23)34-4)15-35-26(33)29(2)18-9-5-6-10-18;1-29(17-7-3-4-8-17)25(33)34-15-22-19(14-27-30(22)2)20-10-11-23(21(13-26)28-20)35-18-9-5-6-16(12-18)24(31)32;1-15-20(14-32-25(31)28(2)18-7-3-4-8-18)23(34-27-15)16-10-11-22(21(26)13-16)33-19-9-5-6-17(12-19)24(29)30;1-15-21(35-18-10-6-7-16(13-18)24(31)32)12-11-19(27-15)22-20(30(3)28-23(22)26)14-34-25(33)29(2)17-8-4-5-9-17/h12-13,17-19H,5-11,14-15H2,1-4H3,(H,31,32);10-11,14,16-18H,3-9,12-13,15H2,1-2H3,(H,31,32);10-11,13,17-19H,3-9,12,14H2,1-2H3,(H,29,30);11-12,16-18H,4-10,13-14H2,1-3H3,(H2,26,28)(H,31,32)/t17-,19-;16-,18-;17-,19-;16-,18-/m0000/s1. The fourth-order valence-electron chi connectivity index (χ4n) is 20.3. The Morgan fingerprint density at radius 2 is 0.800 bits per heavy atom. The number of anilines is 1. The number of hydrogen-bond donors (Lipinski definition) is 5. The van der Waals surface area contributed by atoms with Crippen LogP contribution in [0.5, 0.6) is 28.9 Å². The van der Waals surface area contributed by atoms with Gasteiger partial charge in [0, 0.05) is 84.6 Å². The van der Waals surface area contributed by atoms with Crippen LogP contribution in [-0.4, -0.2) is 222 Å². The zero-order valence-electron chi connectivity index (χ0n) is 82.1. The Morgan fingerprint density at radius 3 is 1.20 bits per heavy atom. The second-order valence-corrected chi connectivity index (χ2v) is 38.2. The molecule has 1 aromatic carbocycles. The molecule has 8 aliphatic rings. The molecular formula is C101H135F2N15O22. The summed E-state index contributed by atoms with van der Waals surface area (Å²) in [6.45, 7) is 4.68. The molecule has 8 atom stereocenters. The Balaban J connectivity index is 0.000000157. The van der Waals surface area contributed by atoms with E-state index in [0.717, 1.165) is 148 Å². The third-order valence-electron chi connectivity index (χ3n) is 28.7. The van der Waals surface area contributed by atoms with Crippen molar-refractivity contribution in [2.75, 3.05) is 41.0 Å². The Kier molecular flexibility index (Phi) is 36.4. The molecule has 6 N–H and O–H groups in total. The van der Waals surface area contributed by atoms with Gasteiger partial charge in [0.2, 0.25) is 5.88 Å². The first-order chi connectivity index (χ1) is 67.2. The van der Waals surface area contributed by atoms with Crippen LogP contribution in [0, 0.1) is 50.3 Å². The minimum Gasteiger partial charge on any atom is -0.489 e. The number of nitrogen functional groups attached to an aromatic ring is 1. The van der Waals surface area contributed by atoms with Crippen LogP contribution in [0.3, 0.4) is 0 Å². The number of ether oxygens (including phenoxy) is 9. The van der Waals surface area contributed by atoms with Crippen LogP contribution in [0.15, 0.2) is 65.3 Å². The van der Waals surface area contributed by atoms with Gasteiger partial charge in [-0.25, -0.2) is 42.9 Å². The van der Waals surface area contributed by atoms with E-state index in [1.807, 2.05) is 38.1 Å². The van der Waals surface area contributed by atoms with Gasteiger partial charge in [-0.05, 0) is 229 Å². The number of rotatable bonds is 30. The molecule has 4 amide bonds. The zero-order chi connectivity index (χ0) is 100. The fourth-order valence-corrected chi connectivity index (χ4v) is 20.3. The molecule has 7 heterocycles. The minimum absolute atomic E-state index is 0.0191. The second kappa shape index (κ2) is 48.8. The summed E-state index contributed by atoms with van der Waals surface area (Å²) in [5.41, 5.74) is 15.0. The third-order valence-corrected chi connectivity index (χ3v) is 28.7. The third kappa shape index (κ3) is 26.6. The van der Waals surface area contributed by atoms with Gasteiger partial charge in [0.15, 0.2) is 23.1 Å². The first-order valence-electron chi connectivity index (χ1n) is 49.1. The molecule has 0 bridgehead atoms. The van der Waals surface area contributed by atoms with Crippen LogP contribution in [0.4, 0.5) is 33.8 Å². The number of aryl methyl sites for hydroxylation is 6. The average molecular weight is 1950 g/mol. The number of carbonyl (C=O) groups excluding carboxylic acids is 4. The van der Waals surface area contributed by atoms with Crippen molar-refractivity contribution in [3.63, 3.8) is 0 Å².